The molecule has 0 spiro atoms. The Morgan fingerprint density at radius 3 is 2.90 bits per heavy atom. The number of nitrogens with zero attached hydrogens (tertiary/aromatic N) is 2. The predicted molar refractivity (Wildman–Crippen MR) is 81.1 cm³/mol. The number of likely N-dealkylation sites (N-methyl/N-ethyl adjacent to an activating group) is 1. The molecule has 1 aliphatic heterocycles. The van der Waals surface area contributed by atoms with Gasteiger partial charge in [0.15, 0.2) is 0 Å². The van der Waals surface area contributed by atoms with Crippen LogP contribution in [0.3, 0.4) is 0 Å². The number of carbonyl (C=O) groups is 1. The monoisotopic (exact) mass is 296 g/mol. The van der Waals surface area contributed by atoms with Crippen LogP contribution in [-0.2, 0) is 16.0 Å². The summed E-state index contributed by atoms with van der Waals surface area (Å²) in [6.07, 6.45) is 5.28. The average Bonchev–Trinajstić information content (AvgIpc) is 3.00. The summed E-state index contributed by atoms with van der Waals surface area (Å²) in [6.45, 7) is 5.73. The Hall–Kier alpha value is -0.940. The largest absolute Gasteiger partial charge is 0.378 e. The van der Waals surface area contributed by atoms with Crippen molar-refractivity contribution in [2.75, 3.05) is 20.2 Å². The number of rotatable bonds is 6. The van der Waals surface area contributed by atoms with E-state index >= 15 is 0 Å². The zero-order chi connectivity index (χ0) is 14.5. The molecule has 0 saturated carbocycles. The van der Waals surface area contributed by atoms with E-state index in [0.29, 0.717) is 12.5 Å². The van der Waals surface area contributed by atoms with Gasteiger partial charge in [-0.05, 0) is 39.5 Å². The van der Waals surface area contributed by atoms with Crippen LogP contribution in [0.2, 0.25) is 0 Å². The molecule has 4 nitrogen and oxygen atoms in total. The van der Waals surface area contributed by atoms with Gasteiger partial charge in [0.05, 0.1) is 23.2 Å². The van der Waals surface area contributed by atoms with Crippen molar-refractivity contribution in [1.82, 2.24) is 9.88 Å². The minimum Gasteiger partial charge on any atom is -0.378 e. The quantitative estimate of drug-likeness (QED) is 0.810. The van der Waals surface area contributed by atoms with E-state index in [1.54, 1.807) is 11.3 Å². The average molecular weight is 296 g/mol. The second-order valence-corrected chi connectivity index (χ2v) is 6.91. The third-order valence-electron chi connectivity index (χ3n) is 3.79. The van der Waals surface area contributed by atoms with E-state index in [1.165, 1.54) is 12.8 Å². The van der Waals surface area contributed by atoms with E-state index in [0.717, 1.165) is 41.6 Å². The van der Waals surface area contributed by atoms with E-state index in [4.69, 9.17) is 4.74 Å². The van der Waals surface area contributed by atoms with Crippen molar-refractivity contribution in [2.45, 2.75) is 52.1 Å². The summed E-state index contributed by atoms with van der Waals surface area (Å²) in [5.41, 5.74) is 0.934. The molecule has 1 aliphatic rings. The van der Waals surface area contributed by atoms with Gasteiger partial charge in [-0.1, -0.05) is 0 Å². The van der Waals surface area contributed by atoms with Gasteiger partial charge in [0.2, 0.25) is 5.91 Å². The molecule has 2 heterocycles. The zero-order valence-corrected chi connectivity index (χ0v) is 13.5. The van der Waals surface area contributed by atoms with Gasteiger partial charge in [0.25, 0.3) is 0 Å². The minimum absolute atomic E-state index is 0.158. The lowest BCUT2D eigenvalue weighted by Gasteiger charge is -2.18. The van der Waals surface area contributed by atoms with E-state index in [9.17, 15) is 4.79 Å². The van der Waals surface area contributed by atoms with Gasteiger partial charge >= 0.3 is 0 Å². The number of thiazole rings is 1. The molecule has 2 rings (SSSR count). The molecular formula is C15H24N2O2S. The summed E-state index contributed by atoms with van der Waals surface area (Å²) in [5.74, 6) is 0.158. The van der Waals surface area contributed by atoms with E-state index < -0.39 is 0 Å². The maximum absolute atomic E-state index is 12.2. The fourth-order valence-electron chi connectivity index (χ4n) is 2.57. The van der Waals surface area contributed by atoms with Crippen molar-refractivity contribution < 1.29 is 9.53 Å². The molecule has 1 saturated heterocycles. The van der Waals surface area contributed by atoms with Crippen LogP contribution in [0.15, 0.2) is 0 Å². The van der Waals surface area contributed by atoms with Crippen LogP contribution in [0.1, 0.15) is 41.3 Å². The van der Waals surface area contributed by atoms with Crippen molar-refractivity contribution in [3.63, 3.8) is 0 Å². The first-order chi connectivity index (χ1) is 9.56. The van der Waals surface area contributed by atoms with Gasteiger partial charge in [0, 0.05) is 25.1 Å². The SMILES string of the molecule is Cc1nc(CC(=O)N(C)CCC[C@H]2CCCO2)c(C)s1. The topological polar surface area (TPSA) is 42.4 Å². The Balaban J connectivity index is 1.72. The van der Waals surface area contributed by atoms with Crippen LogP contribution < -0.4 is 0 Å². The van der Waals surface area contributed by atoms with Crippen molar-refractivity contribution >= 4 is 17.2 Å². The third-order valence-corrected chi connectivity index (χ3v) is 4.72. The molecule has 0 bridgehead atoms. The lowest BCUT2D eigenvalue weighted by atomic mass is 10.1. The molecular weight excluding hydrogens is 272 g/mol. The van der Waals surface area contributed by atoms with Crippen molar-refractivity contribution in [3.05, 3.63) is 15.6 Å². The van der Waals surface area contributed by atoms with E-state index in [-0.39, 0.29) is 5.91 Å². The second-order valence-electron chi connectivity index (χ2n) is 5.51. The van der Waals surface area contributed by atoms with E-state index in [1.807, 2.05) is 25.8 Å². The molecule has 5 heteroatoms. The molecule has 0 aromatic carbocycles. The molecule has 1 aromatic heterocycles. The van der Waals surface area contributed by atoms with Gasteiger partial charge in [-0.3, -0.25) is 4.79 Å². The van der Waals surface area contributed by atoms with Gasteiger partial charge in [-0.2, -0.15) is 0 Å². The van der Waals surface area contributed by atoms with Gasteiger partial charge < -0.3 is 9.64 Å². The fraction of sp³-hybridized carbons (Fsp3) is 0.733. The van der Waals surface area contributed by atoms with Crippen LogP contribution in [0.4, 0.5) is 0 Å². The number of carbonyl (C=O) groups excluding carboxylic acids is 1. The molecule has 112 valence electrons. The first-order valence-electron chi connectivity index (χ1n) is 7.34. The number of amides is 1. The molecule has 1 amide bonds. The summed E-state index contributed by atoms with van der Waals surface area (Å²) in [5, 5.41) is 1.03. The number of aromatic nitrogens is 1. The fourth-order valence-corrected chi connectivity index (χ4v) is 3.40. The molecule has 1 aromatic rings. The molecule has 0 radical (unpaired) electrons. The second kappa shape index (κ2) is 7.18. The van der Waals surface area contributed by atoms with Crippen LogP contribution in [-0.4, -0.2) is 42.1 Å². The summed E-state index contributed by atoms with van der Waals surface area (Å²) in [7, 11) is 1.88. The summed E-state index contributed by atoms with van der Waals surface area (Å²) >= 11 is 1.66. The lowest BCUT2D eigenvalue weighted by molar-refractivity contribution is -0.129. The summed E-state index contributed by atoms with van der Waals surface area (Å²) in [4.78, 5) is 19.6. The van der Waals surface area contributed by atoms with Crippen molar-refractivity contribution in [1.29, 1.82) is 0 Å². The lowest BCUT2D eigenvalue weighted by Crippen LogP contribution is -2.30. The zero-order valence-electron chi connectivity index (χ0n) is 12.6. The van der Waals surface area contributed by atoms with Gasteiger partial charge in [-0.25, -0.2) is 4.98 Å². The van der Waals surface area contributed by atoms with Gasteiger partial charge in [0.1, 0.15) is 0 Å². The predicted octanol–water partition coefficient (Wildman–Crippen LogP) is 2.72. The third kappa shape index (κ3) is 4.28. The minimum atomic E-state index is 0.158. The molecule has 20 heavy (non-hydrogen) atoms. The van der Waals surface area contributed by atoms with Crippen LogP contribution >= 0.6 is 11.3 Å². The smallest absolute Gasteiger partial charge is 0.228 e. The molecule has 0 unspecified atom stereocenters. The Bertz CT molecular complexity index is 453. The maximum Gasteiger partial charge on any atom is 0.228 e. The number of hydrogen-bond donors (Lipinski definition) is 0. The van der Waals surface area contributed by atoms with Crippen LogP contribution in [0, 0.1) is 13.8 Å². The summed E-state index contributed by atoms with van der Waals surface area (Å²) in [6, 6.07) is 0. The Morgan fingerprint density at radius 2 is 2.30 bits per heavy atom. The number of hydrogen-bond acceptors (Lipinski definition) is 4. The first kappa shape index (κ1) is 15.4. The Morgan fingerprint density at radius 1 is 1.50 bits per heavy atom. The summed E-state index contributed by atoms with van der Waals surface area (Å²) < 4.78 is 5.60. The standard InChI is InChI=1S/C15H24N2O2S/c1-11-14(16-12(2)20-11)10-15(18)17(3)8-4-6-13-7-5-9-19-13/h13H,4-10H2,1-3H3/t13-/m0/s1. The Labute approximate surface area is 125 Å². The molecule has 1 fully saturated rings. The van der Waals surface area contributed by atoms with Gasteiger partial charge in [-0.15, -0.1) is 11.3 Å². The molecule has 1 atom stereocenters. The van der Waals surface area contributed by atoms with Crippen molar-refractivity contribution in [2.24, 2.45) is 0 Å². The highest BCUT2D eigenvalue weighted by Gasteiger charge is 2.17. The number of aryl methyl sites for hydroxylation is 2. The Kier molecular flexibility index (Phi) is 5.54. The van der Waals surface area contributed by atoms with Crippen LogP contribution in [0.5, 0.6) is 0 Å². The van der Waals surface area contributed by atoms with Crippen molar-refractivity contribution in [3.8, 4) is 0 Å². The first-order valence-corrected chi connectivity index (χ1v) is 8.16. The van der Waals surface area contributed by atoms with E-state index in [2.05, 4.69) is 4.98 Å². The normalized spacial score (nSPS) is 18.4. The highest BCUT2D eigenvalue weighted by Crippen LogP contribution is 2.18. The molecule has 0 aliphatic carbocycles. The molecule has 0 N–H and O–H groups in total. The highest BCUT2D eigenvalue weighted by molar-refractivity contribution is 7.11. The maximum atomic E-state index is 12.2. The van der Waals surface area contributed by atoms with Crippen LogP contribution in [0.25, 0.3) is 0 Å². The highest BCUT2D eigenvalue weighted by atomic mass is 32.1. The number of ether oxygens (including phenoxy) is 1.